The van der Waals surface area contributed by atoms with Gasteiger partial charge in [-0.3, -0.25) is 0 Å². The van der Waals surface area contributed by atoms with E-state index in [2.05, 4.69) is 35.8 Å². The normalized spacial score (nSPS) is 10.6. The van der Waals surface area contributed by atoms with Crippen molar-refractivity contribution in [3.8, 4) is 0 Å². The van der Waals surface area contributed by atoms with Crippen LogP contribution in [0.1, 0.15) is 5.56 Å². The molecule has 2 heteroatoms. The zero-order valence-electron chi connectivity index (χ0n) is 5.72. The molecule has 0 aliphatic rings. The van der Waals surface area contributed by atoms with Gasteiger partial charge in [-0.05, 0) is 31.1 Å². The first-order chi connectivity index (χ1) is 4.29. The molecule has 9 heavy (non-hydrogen) atoms. The third-order valence-corrected chi connectivity index (χ3v) is 1.67. The van der Waals surface area contributed by atoms with Gasteiger partial charge in [-0.15, -0.1) is 11.3 Å². The van der Waals surface area contributed by atoms with Crippen molar-refractivity contribution in [2.45, 2.75) is 6.54 Å². The van der Waals surface area contributed by atoms with E-state index in [1.807, 2.05) is 0 Å². The molecule has 1 heterocycles. The van der Waals surface area contributed by atoms with Crippen molar-refractivity contribution in [1.29, 1.82) is 0 Å². The molecule has 0 amide bonds. The first kappa shape index (κ1) is 6.78. The van der Waals surface area contributed by atoms with Gasteiger partial charge in [0.15, 0.2) is 0 Å². The van der Waals surface area contributed by atoms with Crippen LogP contribution in [-0.4, -0.2) is 19.0 Å². The van der Waals surface area contributed by atoms with Crippen LogP contribution in [0.2, 0.25) is 0 Å². The lowest BCUT2D eigenvalue weighted by Crippen LogP contribution is -2.09. The second kappa shape index (κ2) is 2.99. The van der Waals surface area contributed by atoms with Gasteiger partial charge >= 0.3 is 0 Å². The summed E-state index contributed by atoms with van der Waals surface area (Å²) < 4.78 is 0. The third kappa shape index (κ3) is 2.16. The van der Waals surface area contributed by atoms with Crippen molar-refractivity contribution in [3.05, 3.63) is 22.4 Å². The van der Waals surface area contributed by atoms with E-state index in [1.165, 1.54) is 5.56 Å². The highest BCUT2D eigenvalue weighted by Gasteiger charge is 1.92. The van der Waals surface area contributed by atoms with Crippen LogP contribution in [0.5, 0.6) is 0 Å². The lowest BCUT2D eigenvalue weighted by molar-refractivity contribution is 0.403. The molecule has 0 saturated carbocycles. The largest absolute Gasteiger partial charge is 0.305 e. The zero-order chi connectivity index (χ0) is 6.69. The lowest BCUT2D eigenvalue weighted by atomic mass is 10.3. The van der Waals surface area contributed by atoms with Crippen LogP contribution >= 0.6 is 11.3 Å². The maximum absolute atomic E-state index is 3.17. The lowest BCUT2D eigenvalue weighted by Gasteiger charge is -2.05. The third-order valence-electron chi connectivity index (χ3n) is 1.01. The summed E-state index contributed by atoms with van der Waals surface area (Å²) in [5, 5.41) is 5.22. The van der Waals surface area contributed by atoms with Crippen LogP contribution in [0.3, 0.4) is 0 Å². The summed E-state index contributed by atoms with van der Waals surface area (Å²) in [6, 6.07) is 2.10. The van der Waals surface area contributed by atoms with Crippen molar-refractivity contribution < 1.29 is 0 Å². The molecular formula is C7H10NS. The van der Waals surface area contributed by atoms with Crippen molar-refractivity contribution in [2.24, 2.45) is 0 Å². The van der Waals surface area contributed by atoms with E-state index in [0.29, 0.717) is 0 Å². The molecule has 0 aliphatic heterocycles. The highest BCUT2D eigenvalue weighted by atomic mass is 32.1. The molecule has 0 saturated heterocycles. The summed E-state index contributed by atoms with van der Waals surface area (Å²) in [5.41, 5.74) is 1.28. The second-order valence-corrected chi connectivity index (χ2v) is 3.00. The Balaban J connectivity index is 2.48. The van der Waals surface area contributed by atoms with Gasteiger partial charge in [0, 0.05) is 11.9 Å². The Hall–Kier alpha value is -0.340. The van der Waals surface area contributed by atoms with E-state index in [1.54, 1.807) is 11.3 Å². The van der Waals surface area contributed by atoms with Crippen molar-refractivity contribution in [2.75, 3.05) is 14.1 Å². The molecule has 0 bridgehead atoms. The first-order valence-electron chi connectivity index (χ1n) is 2.88. The summed E-state index contributed by atoms with van der Waals surface area (Å²) in [6.45, 7) is 1.00. The Labute approximate surface area is 59.9 Å². The standard InChI is InChI=1S/C7H10NS/c1-8(2)5-7-3-4-9-6-7/h3-4H,5H2,1-2H3. The van der Waals surface area contributed by atoms with Gasteiger partial charge in [-0.2, -0.15) is 0 Å². The van der Waals surface area contributed by atoms with Gasteiger partial charge < -0.3 is 4.90 Å². The molecule has 0 aromatic carbocycles. The van der Waals surface area contributed by atoms with E-state index in [-0.39, 0.29) is 0 Å². The molecule has 0 unspecified atom stereocenters. The molecule has 49 valence electrons. The number of thiophene rings is 1. The molecule has 1 aromatic heterocycles. The average Bonchev–Trinajstić information content (AvgIpc) is 2.15. The second-order valence-electron chi connectivity index (χ2n) is 2.29. The number of nitrogens with zero attached hydrogens (tertiary/aromatic N) is 1. The fourth-order valence-electron chi connectivity index (χ4n) is 0.686. The fraction of sp³-hybridized carbons (Fsp3) is 0.429. The minimum absolute atomic E-state index is 1.00. The maximum atomic E-state index is 3.17. The van der Waals surface area contributed by atoms with Crippen LogP contribution in [0, 0.1) is 5.38 Å². The molecule has 1 aromatic rings. The van der Waals surface area contributed by atoms with Crippen molar-refractivity contribution in [3.63, 3.8) is 0 Å². The fourth-order valence-corrected chi connectivity index (χ4v) is 1.27. The van der Waals surface area contributed by atoms with Crippen LogP contribution < -0.4 is 0 Å². The molecule has 1 rings (SSSR count). The van der Waals surface area contributed by atoms with Gasteiger partial charge in [0.05, 0.1) is 0 Å². The molecule has 1 nitrogen and oxygen atoms in total. The monoisotopic (exact) mass is 140 g/mol. The smallest absolute Gasteiger partial charge is 0.0490 e. The van der Waals surface area contributed by atoms with E-state index in [0.717, 1.165) is 6.54 Å². The summed E-state index contributed by atoms with van der Waals surface area (Å²) >= 11 is 1.63. The van der Waals surface area contributed by atoms with Crippen LogP contribution in [-0.2, 0) is 6.54 Å². The molecule has 1 radical (unpaired) electrons. The Bertz CT molecular complexity index is 155. The molecule has 0 atom stereocenters. The minimum Gasteiger partial charge on any atom is -0.305 e. The quantitative estimate of drug-likeness (QED) is 0.603. The van der Waals surface area contributed by atoms with Crippen LogP contribution in [0.4, 0.5) is 0 Å². The highest BCUT2D eigenvalue weighted by Crippen LogP contribution is 2.05. The molecule has 0 fully saturated rings. The van der Waals surface area contributed by atoms with E-state index < -0.39 is 0 Å². The van der Waals surface area contributed by atoms with Gasteiger partial charge in [-0.1, -0.05) is 0 Å². The summed E-state index contributed by atoms with van der Waals surface area (Å²) in [5.74, 6) is 0. The topological polar surface area (TPSA) is 3.24 Å². The van der Waals surface area contributed by atoms with Gasteiger partial charge in [-0.25, -0.2) is 0 Å². The highest BCUT2D eigenvalue weighted by molar-refractivity contribution is 7.07. The number of hydrogen-bond donors (Lipinski definition) is 0. The predicted molar refractivity (Wildman–Crippen MR) is 40.5 cm³/mol. The van der Waals surface area contributed by atoms with E-state index >= 15 is 0 Å². The van der Waals surface area contributed by atoms with Gasteiger partial charge in [0.25, 0.3) is 0 Å². The molecule has 0 N–H and O–H groups in total. The summed E-state index contributed by atoms with van der Waals surface area (Å²) in [6.07, 6.45) is 0. The Morgan fingerprint density at radius 2 is 2.44 bits per heavy atom. The Morgan fingerprint density at radius 3 is 2.89 bits per heavy atom. The van der Waals surface area contributed by atoms with Crippen LogP contribution in [0.25, 0.3) is 0 Å². The maximum Gasteiger partial charge on any atom is 0.0490 e. The zero-order valence-corrected chi connectivity index (χ0v) is 6.53. The summed E-state index contributed by atoms with van der Waals surface area (Å²) in [4.78, 5) is 2.14. The SMILES string of the molecule is CN(C)Cc1[c]scc1. The Morgan fingerprint density at radius 1 is 1.67 bits per heavy atom. The van der Waals surface area contributed by atoms with Crippen molar-refractivity contribution in [1.82, 2.24) is 4.90 Å². The Kier molecular flexibility index (Phi) is 2.25. The minimum atomic E-state index is 1.00. The number of hydrogen-bond acceptors (Lipinski definition) is 2. The molecule has 0 spiro atoms. The first-order valence-corrected chi connectivity index (χ1v) is 3.76. The van der Waals surface area contributed by atoms with Gasteiger partial charge in [0.1, 0.15) is 0 Å². The van der Waals surface area contributed by atoms with Crippen molar-refractivity contribution >= 4 is 11.3 Å². The van der Waals surface area contributed by atoms with E-state index in [9.17, 15) is 0 Å². The van der Waals surface area contributed by atoms with E-state index in [4.69, 9.17) is 0 Å². The van der Waals surface area contributed by atoms with Crippen LogP contribution in [0.15, 0.2) is 11.4 Å². The predicted octanol–water partition coefficient (Wildman–Crippen LogP) is 1.61. The molecule has 0 aliphatic carbocycles. The average molecular weight is 140 g/mol. The number of rotatable bonds is 2. The van der Waals surface area contributed by atoms with Gasteiger partial charge in [0.2, 0.25) is 0 Å². The summed E-state index contributed by atoms with van der Waals surface area (Å²) in [7, 11) is 4.12. The molecular weight excluding hydrogens is 130 g/mol.